The van der Waals surface area contributed by atoms with Gasteiger partial charge in [0.25, 0.3) is 0 Å². The van der Waals surface area contributed by atoms with Crippen molar-refractivity contribution < 1.29 is 19.0 Å². The van der Waals surface area contributed by atoms with Gasteiger partial charge in [0, 0.05) is 36.6 Å². The summed E-state index contributed by atoms with van der Waals surface area (Å²) >= 11 is 0. The van der Waals surface area contributed by atoms with Crippen molar-refractivity contribution in [1.29, 1.82) is 0 Å². The number of methoxy groups -OCH3 is 1. The average molecular weight is 414 g/mol. The fourth-order valence-corrected chi connectivity index (χ4v) is 4.00. The van der Waals surface area contributed by atoms with Crippen LogP contribution < -0.4 is 14.2 Å². The molecule has 0 saturated heterocycles. The first-order valence-electron chi connectivity index (χ1n) is 10.1. The Morgan fingerprint density at radius 2 is 1.90 bits per heavy atom. The Morgan fingerprint density at radius 1 is 1.13 bits per heavy atom. The molecule has 0 saturated carbocycles. The van der Waals surface area contributed by atoms with Gasteiger partial charge in [-0.15, -0.1) is 0 Å². The van der Waals surface area contributed by atoms with Gasteiger partial charge < -0.3 is 14.2 Å². The van der Waals surface area contributed by atoms with Crippen LogP contribution in [0, 0.1) is 6.92 Å². The Bertz CT molecular complexity index is 1170. The maximum atomic E-state index is 13.1. The van der Waals surface area contributed by atoms with E-state index in [1.807, 2.05) is 49.4 Å². The summed E-state index contributed by atoms with van der Waals surface area (Å²) in [5.41, 5.74) is 4.50. The monoisotopic (exact) mass is 414 g/mol. The zero-order valence-electron chi connectivity index (χ0n) is 17.4. The molecule has 2 aliphatic heterocycles. The fraction of sp³-hybridized carbons (Fsp3) is 0.200. The zero-order valence-corrected chi connectivity index (χ0v) is 17.4. The van der Waals surface area contributed by atoms with E-state index in [-0.39, 0.29) is 5.78 Å². The van der Waals surface area contributed by atoms with Crippen molar-refractivity contribution in [2.24, 2.45) is 0 Å². The van der Waals surface area contributed by atoms with E-state index in [0.29, 0.717) is 30.3 Å². The number of hydrogen-bond acceptors (Lipinski definition) is 6. The Labute approximate surface area is 180 Å². The Kier molecular flexibility index (Phi) is 4.92. The molecule has 5 rings (SSSR count). The molecule has 3 aromatic rings. The molecule has 0 amide bonds. The van der Waals surface area contributed by atoms with Crippen LogP contribution in [0.5, 0.6) is 17.2 Å². The molecule has 0 atom stereocenters. The van der Waals surface area contributed by atoms with Gasteiger partial charge in [0.1, 0.15) is 24.0 Å². The predicted octanol–water partition coefficient (Wildman–Crippen LogP) is 4.37. The quantitative estimate of drug-likeness (QED) is 0.591. The Balaban J connectivity index is 1.41. The smallest absolute Gasteiger partial charge is 0.231 e. The molecule has 2 aromatic carbocycles. The number of carbonyl (C=O) groups is 1. The molecule has 0 radical (unpaired) electrons. The third-order valence-corrected chi connectivity index (χ3v) is 5.57. The molecule has 0 fully saturated rings. The first-order valence-corrected chi connectivity index (χ1v) is 10.1. The molecular weight excluding hydrogens is 392 g/mol. The molecular formula is C25H22N2O4. The van der Waals surface area contributed by atoms with Gasteiger partial charge in [-0.2, -0.15) is 0 Å². The highest BCUT2D eigenvalue weighted by Gasteiger charge is 2.33. The van der Waals surface area contributed by atoms with Crippen LogP contribution in [0.25, 0.3) is 6.08 Å². The summed E-state index contributed by atoms with van der Waals surface area (Å²) in [5, 5.41) is 0. The first kappa shape index (κ1) is 19.3. The first-order chi connectivity index (χ1) is 15.1. The summed E-state index contributed by atoms with van der Waals surface area (Å²) in [5.74, 6) is 2.37. The molecule has 0 bridgehead atoms. The average Bonchev–Trinajstić information content (AvgIpc) is 3.11. The zero-order chi connectivity index (χ0) is 21.4. The number of pyridine rings is 1. The minimum Gasteiger partial charge on any atom is -0.497 e. The maximum Gasteiger partial charge on any atom is 0.231 e. The van der Waals surface area contributed by atoms with Crippen LogP contribution in [0.1, 0.15) is 32.6 Å². The Hall–Kier alpha value is -3.64. The molecule has 0 N–H and O–H groups in total. The molecule has 0 spiro atoms. The second kappa shape index (κ2) is 7.89. The van der Waals surface area contributed by atoms with Crippen LogP contribution in [0.4, 0.5) is 0 Å². The van der Waals surface area contributed by atoms with E-state index in [9.17, 15) is 4.79 Å². The van der Waals surface area contributed by atoms with Gasteiger partial charge in [-0.3, -0.25) is 14.7 Å². The van der Waals surface area contributed by atoms with Crippen molar-refractivity contribution in [2.75, 3.05) is 13.8 Å². The second-order valence-electron chi connectivity index (χ2n) is 7.70. The lowest BCUT2D eigenvalue weighted by Crippen LogP contribution is -2.32. The Morgan fingerprint density at radius 3 is 2.65 bits per heavy atom. The summed E-state index contributed by atoms with van der Waals surface area (Å²) < 4.78 is 17.2. The number of allylic oxidation sites excluding steroid dienone is 1. The van der Waals surface area contributed by atoms with Crippen LogP contribution in [-0.4, -0.2) is 29.5 Å². The van der Waals surface area contributed by atoms with Crippen LogP contribution in [-0.2, 0) is 13.1 Å². The van der Waals surface area contributed by atoms with E-state index in [4.69, 9.17) is 14.2 Å². The highest BCUT2D eigenvalue weighted by molar-refractivity contribution is 6.15. The number of nitrogens with zero attached hydrogens (tertiary/aromatic N) is 2. The molecule has 31 heavy (non-hydrogen) atoms. The molecule has 0 aliphatic carbocycles. The SMILES string of the molecule is COc1ccc(/C=C2/Oc3c(cc4c(c3C)OCN(Cc3ccncc3)C4)C2=O)cc1. The molecule has 1 aromatic heterocycles. The van der Waals surface area contributed by atoms with Crippen molar-refractivity contribution in [3.05, 3.63) is 88.4 Å². The number of hydrogen-bond donors (Lipinski definition) is 0. The number of fused-ring (bicyclic) bond motifs is 2. The van der Waals surface area contributed by atoms with E-state index in [0.717, 1.165) is 34.7 Å². The van der Waals surface area contributed by atoms with Gasteiger partial charge in [-0.1, -0.05) is 12.1 Å². The van der Waals surface area contributed by atoms with Crippen LogP contribution in [0.15, 0.2) is 60.6 Å². The van der Waals surface area contributed by atoms with Crippen LogP contribution in [0.2, 0.25) is 0 Å². The number of ketones is 1. The number of aromatic nitrogens is 1. The third kappa shape index (κ3) is 3.66. The lowest BCUT2D eigenvalue weighted by molar-refractivity contribution is 0.0876. The van der Waals surface area contributed by atoms with Crippen molar-refractivity contribution >= 4 is 11.9 Å². The van der Waals surface area contributed by atoms with E-state index < -0.39 is 0 Å². The minimum atomic E-state index is -0.108. The summed E-state index contributed by atoms with van der Waals surface area (Å²) in [6, 6.07) is 13.4. The van der Waals surface area contributed by atoms with Crippen molar-refractivity contribution in [2.45, 2.75) is 20.0 Å². The summed E-state index contributed by atoms with van der Waals surface area (Å²) in [4.78, 5) is 19.3. The summed E-state index contributed by atoms with van der Waals surface area (Å²) in [7, 11) is 1.62. The number of carbonyl (C=O) groups excluding carboxylic acids is 1. The fourth-order valence-electron chi connectivity index (χ4n) is 4.00. The number of rotatable bonds is 4. The van der Waals surface area contributed by atoms with Crippen LogP contribution >= 0.6 is 0 Å². The van der Waals surface area contributed by atoms with Crippen molar-refractivity contribution in [3.8, 4) is 17.2 Å². The van der Waals surface area contributed by atoms with Gasteiger partial charge in [-0.05, 0) is 54.5 Å². The molecule has 6 heteroatoms. The lowest BCUT2D eigenvalue weighted by atomic mass is 10.00. The lowest BCUT2D eigenvalue weighted by Gasteiger charge is -2.30. The van der Waals surface area contributed by atoms with E-state index in [1.165, 1.54) is 5.56 Å². The molecule has 3 heterocycles. The number of ether oxygens (including phenoxy) is 3. The molecule has 156 valence electrons. The molecule has 2 aliphatic rings. The van der Waals surface area contributed by atoms with Gasteiger partial charge in [-0.25, -0.2) is 0 Å². The number of Topliss-reactive ketones (excluding diaryl/α,β-unsaturated/α-hetero) is 1. The predicted molar refractivity (Wildman–Crippen MR) is 116 cm³/mol. The van der Waals surface area contributed by atoms with Crippen molar-refractivity contribution in [3.63, 3.8) is 0 Å². The van der Waals surface area contributed by atoms with Gasteiger partial charge >= 0.3 is 0 Å². The van der Waals surface area contributed by atoms with E-state index in [2.05, 4.69) is 9.88 Å². The van der Waals surface area contributed by atoms with Gasteiger partial charge in [0.05, 0.1) is 12.7 Å². The van der Waals surface area contributed by atoms with Gasteiger partial charge in [0.15, 0.2) is 5.76 Å². The highest BCUT2D eigenvalue weighted by atomic mass is 16.5. The molecule has 6 nitrogen and oxygen atoms in total. The van der Waals surface area contributed by atoms with E-state index >= 15 is 0 Å². The highest BCUT2D eigenvalue weighted by Crippen LogP contribution is 2.43. The van der Waals surface area contributed by atoms with Crippen LogP contribution in [0.3, 0.4) is 0 Å². The van der Waals surface area contributed by atoms with E-state index in [1.54, 1.807) is 25.6 Å². The van der Waals surface area contributed by atoms with Crippen molar-refractivity contribution in [1.82, 2.24) is 9.88 Å². The topological polar surface area (TPSA) is 60.9 Å². The third-order valence-electron chi connectivity index (χ3n) is 5.57. The summed E-state index contributed by atoms with van der Waals surface area (Å²) in [6.07, 6.45) is 5.34. The summed E-state index contributed by atoms with van der Waals surface area (Å²) in [6.45, 7) is 3.89. The van der Waals surface area contributed by atoms with Gasteiger partial charge in [0.2, 0.25) is 5.78 Å². The minimum absolute atomic E-state index is 0.108. The maximum absolute atomic E-state index is 13.1. The largest absolute Gasteiger partial charge is 0.497 e. The molecule has 0 unspecified atom stereocenters. The normalized spacial score (nSPS) is 16.5. The second-order valence-corrected chi connectivity index (χ2v) is 7.70. The standard InChI is InChI=1S/C25H22N2O4/c1-16-24-19(14-27(15-30-24)13-18-7-9-26-10-8-18)12-21-23(28)22(31-25(16)21)11-17-3-5-20(29-2)6-4-17/h3-12H,13-15H2,1-2H3/b22-11+. The number of benzene rings is 2.